The van der Waals surface area contributed by atoms with Crippen LogP contribution < -0.4 is 5.32 Å². The van der Waals surface area contributed by atoms with Crippen molar-refractivity contribution in [2.24, 2.45) is 16.8 Å². The highest BCUT2D eigenvalue weighted by molar-refractivity contribution is 5.80. The molecule has 0 amide bonds. The van der Waals surface area contributed by atoms with Crippen molar-refractivity contribution in [2.45, 2.75) is 59.5 Å². The van der Waals surface area contributed by atoms with Gasteiger partial charge in [-0.05, 0) is 57.9 Å². The standard InChI is InChI=1S/C20H40N4O/c1-5-21-20(24-12-8-19(9-13-24)25-6-2)22-10-7-11-23-15-17(3)14-18(4)16-23/h17-19H,5-16H2,1-4H3,(H,21,22). The third kappa shape index (κ3) is 7.14. The molecule has 2 aliphatic heterocycles. The van der Waals surface area contributed by atoms with Crippen molar-refractivity contribution in [3.63, 3.8) is 0 Å². The Morgan fingerprint density at radius 3 is 2.40 bits per heavy atom. The van der Waals surface area contributed by atoms with Gasteiger partial charge in [0.2, 0.25) is 0 Å². The van der Waals surface area contributed by atoms with E-state index >= 15 is 0 Å². The molecular weight excluding hydrogens is 312 g/mol. The fourth-order valence-corrected chi connectivity index (χ4v) is 4.35. The Hall–Kier alpha value is -0.810. The van der Waals surface area contributed by atoms with Crippen molar-refractivity contribution in [2.75, 3.05) is 52.4 Å². The maximum absolute atomic E-state index is 5.76. The highest BCUT2D eigenvalue weighted by Crippen LogP contribution is 2.20. The fourth-order valence-electron chi connectivity index (χ4n) is 4.35. The monoisotopic (exact) mass is 352 g/mol. The summed E-state index contributed by atoms with van der Waals surface area (Å²) in [5.74, 6) is 2.78. The molecule has 0 spiro atoms. The van der Waals surface area contributed by atoms with E-state index in [0.29, 0.717) is 6.10 Å². The zero-order chi connectivity index (χ0) is 18.1. The average Bonchev–Trinajstić information content (AvgIpc) is 2.58. The highest BCUT2D eigenvalue weighted by Gasteiger charge is 2.22. The van der Waals surface area contributed by atoms with Gasteiger partial charge >= 0.3 is 0 Å². The summed E-state index contributed by atoms with van der Waals surface area (Å²) < 4.78 is 5.76. The Morgan fingerprint density at radius 2 is 1.80 bits per heavy atom. The number of likely N-dealkylation sites (tertiary alicyclic amines) is 2. The Morgan fingerprint density at radius 1 is 1.12 bits per heavy atom. The molecule has 25 heavy (non-hydrogen) atoms. The van der Waals surface area contributed by atoms with Gasteiger partial charge in [0.05, 0.1) is 6.10 Å². The molecule has 2 saturated heterocycles. The van der Waals surface area contributed by atoms with E-state index in [1.54, 1.807) is 0 Å². The van der Waals surface area contributed by atoms with Crippen LogP contribution >= 0.6 is 0 Å². The lowest BCUT2D eigenvalue weighted by Crippen LogP contribution is -2.47. The van der Waals surface area contributed by atoms with Crippen molar-refractivity contribution in [3.05, 3.63) is 0 Å². The van der Waals surface area contributed by atoms with E-state index in [2.05, 4.69) is 42.8 Å². The quantitative estimate of drug-likeness (QED) is 0.434. The summed E-state index contributed by atoms with van der Waals surface area (Å²) in [6.45, 7) is 17.5. The SMILES string of the molecule is CCNC(=NCCCN1CC(C)CC(C)C1)N1CCC(OCC)CC1. The molecule has 2 rings (SSSR count). The van der Waals surface area contributed by atoms with Crippen molar-refractivity contribution < 1.29 is 4.74 Å². The van der Waals surface area contributed by atoms with E-state index < -0.39 is 0 Å². The number of piperidine rings is 2. The Balaban J connectivity index is 1.74. The highest BCUT2D eigenvalue weighted by atomic mass is 16.5. The van der Waals surface area contributed by atoms with Crippen LogP contribution in [0.25, 0.3) is 0 Å². The summed E-state index contributed by atoms with van der Waals surface area (Å²) in [6.07, 6.45) is 5.21. The molecule has 0 radical (unpaired) electrons. The summed E-state index contributed by atoms with van der Waals surface area (Å²) in [5.41, 5.74) is 0. The first-order chi connectivity index (χ1) is 12.1. The minimum atomic E-state index is 0.437. The number of hydrogen-bond acceptors (Lipinski definition) is 3. The van der Waals surface area contributed by atoms with Crippen LogP contribution in [0.1, 0.15) is 53.4 Å². The van der Waals surface area contributed by atoms with Gasteiger partial charge in [-0.3, -0.25) is 4.99 Å². The molecule has 2 unspecified atom stereocenters. The van der Waals surface area contributed by atoms with Crippen LogP contribution in [-0.2, 0) is 4.74 Å². The minimum absolute atomic E-state index is 0.437. The van der Waals surface area contributed by atoms with Gasteiger partial charge in [-0.15, -0.1) is 0 Å². The number of hydrogen-bond donors (Lipinski definition) is 1. The molecule has 0 aliphatic carbocycles. The number of ether oxygens (including phenoxy) is 1. The molecule has 2 aliphatic rings. The van der Waals surface area contributed by atoms with E-state index in [0.717, 1.165) is 69.8 Å². The maximum atomic E-state index is 5.76. The summed E-state index contributed by atoms with van der Waals surface area (Å²) in [4.78, 5) is 9.94. The second-order valence-electron chi connectivity index (χ2n) is 7.94. The molecule has 0 bridgehead atoms. The van der Waals surface area contributed by atoms with E-state index in [-0.39, 0.29) is 0 Å². The molecule has 0 aromatic heterocycles. The fraction of sp³-hybridized carbons (Fsp3) is 0.950. The number of nitrogens with one attached hydrogen (secondary N) is 1. The summed E-state index contributed by atoms with van der Waals surface area (Å²) in [7, 11) is 0. The lowest BCUT2D eigenvalue weighted by Gasteiger charge is -2.35. The molecule has 0 saturated carbocycles. The van der Waals surface area contributed by atoms with E-state index in [1.807, 2.05) is 0 Å². The van der Waals surface area contributed by atoms with E-state index in [1.165, 1.54) is 26.1 Å². The van der Waals surface area contributed by atoms with Gasteiger partial charge < -0.3 is 19.9 Å². The summed E-state index contributed by atoms with van der Waals surface area (Å²) in [5, 5.41) is 3.47. The third-order valence-electron chi connectivity index (χ3n) is 5.32. The summed E-state index contributed by atoms with van der Waals surface area (Å²) >= 11 is 0. The number of nitrogens with zero attached hydrogens (tertiary/aromatic N) is 3. The molecular formula is C20H40N4O. The summed E-state index contributed by atoms with van der Waals surface area (Å²) in [6, 6.07) is 0. The van der Waals surface area contributed by atoms with Crippen LogP contribution in [-0.4, -0.2) is 74.3 Å². The topological polar surface area (TPSA) is 40.1 Å². The molecule has 0 aromatic carbocycles. The van der Waals surface area contributed by atoms with Crippen molar-refractivity contribution in [3.8, 4) is 0 Å². The Labute approximate surface area is 155 Å². The number of guanidine groups is 1. The molecule has 2 fully saturated rings. The van der Waals surface area contributed by atoms with Crippen LogP contribution in [0.4, 0.5) is 0 Å². The van der Waals surface area contributed by atoms with Gasteiger partial charge in [-0.25, -0.2) is 0 Å². The maximum Gasteiger partial charge on any atom is 0.193 e. The van der Waals surface area contributed by atoms with Gasteiger partial charge in [-0.1, -0.05) is 13.8 Å². The van der Waals surface area contributed by atoms with Crippen molar-refractivity contribution in [1.82, 2.24) is 15.1 Å². The van der Waals surface area contributed by atoms with Gasteiger partial charge in [0.1, 0.15) is 0 Å². The van der Waals surface area contributed by atoms with Gasteiger partial charge in [0.25, 0.3) is 0 Å². The normalized spacial score (nSPS) is 26.9. The minimum Gasteiger partial charge on any atom is -0.378 e. The van der Waals surface area contributed by atoms with Crippen LogP contribution in [0.3, 0.4) is 0 Å². The van der Waals surface area contributed by atoms with Crippen LogP contribution in [0, 0.1) is 11.8 Å². The second-order valence-corrected chi connectivity index (χ2v) is 7.94. The first kappa shape index (κ1) is 20.5. The lowest BCUT2D eigenvalue weighted by molar-refractivity contribution is 0.0263. The van der Waals surface area contributed by atoms with Gasteiger partial charge in [0.15, 0.2) is 5.96 Å². The Bertz CT molecular complexity index is 383. The zero-order valence-corrected chi connectivity index (χ0v) is 17.0. The predicted octanol–water partition coefficient (Wildman–Crippen LogP) is 2.82. The molecule has 0 aromatic rings. The van der Waals surface area contributed by atoms with E-state index in [4.69, 9.17) is 9.73 Å². The average molecular weight is 353 g/mol. The Kier molecular flexibility index (Phi) is 9.04. The number of rotatable bonds is 7. The third-order valence-corrected chi connectivity index (χ3v) is 5.32. The van der Waals surface area contributed by atoms with Crippen molar-refractivity contribution in [1.29, 1.82) is 0 Å². The second kappa shape index (κ2) is 11.0. The van der Waals surface area contributed by atoms with E-state index in [9.17, 15) is 0 Å². The molecule has 5 heteroatoms. The molecule has 146 valence electrons. The first-order valence-corrected chi connectivity index (χ1v) is 10.5. The molecule has 1 N–H and O–H groups in total. The van der Waals surface area contributed by atoms with Crippen LogP contribution in [0.2, 0.25) is 0 Å². The van der Waals surface area contributed by atoms with Crippen LogP contribution in [0.15, 0.2) is 4.99 Å². The van der Waals surface area contributed by atoms with Gasteiger partial charge in [0, 0.05) is 45.9 Å². The lowest BCUT2D eigenvalue weighted by atomic mass is 9.92. The predicted molar refractivity (Wildman–Crippen MR) is 106 cm³/mol. The van der Waals surface area contributed by atoms with Crippen LogP contribution in [0.5, 0.6) is 0 Å². The smallest absolute Gasteiger partial charge is 0.193 e. The zero-order valence-electron chi connectivity index (χ0n) is 17.0. The molecule has 2 heterocycles. The largest absolute Gasteiger partial charge is 0.378 e. The number of aliphatic imine (C=N–C) groups is 1. The van der Waals surface area contributed by atoms with Crippen molar-refractivity contribution >= 4 is 5.96 Å². The molecule has 5 nitrogen and oxygen atoms in total. The molecule has 2 atom stereocenters. The first-order valence-electron chi connectivity index (χ1n) is 10.5. The van der Waals surface area contributed by atoms with Gasteiger partial charge in [-0.2, -0.15) is 0 Å².